The molecule has 0 amide bonds. The number of hydrogen-bond acceptors (Lipinski definition) is 2. The van der Waals surface area contributed by atoms with Crippen LogP contribution in [0.25, 0.3) is 0 Å². The molecule has 0 bridgehead atoms. The molecule has 2 nitrogen and oxygen atoms in total. The van der Waals surface area contributed by atoms with E-state index >= 15 is 0 Å². The van der Waals surface area contributed by atoms with Gasteiger partial charge in [-0.1, -0.05) is 22.9 Å². The van der Waals surface area contributed by atoms with Crippen molar-refractivity contribution in [2.75, 3.05) is 11.9 Å². The van der Waals surface area contributed by atoms with Crippen molar-refractivity contribution >= 4 is 21.8 Å². The predicted octanol–water partition coefficient (Wildman–Crippen LogP) is 1.98. The quantitative estimate of drug-likeness (QED) is 0.647. The highest BCUT2D eigenvalue weighted by atomic mass is 79.9. The van der Waals surface area contributed by atoms with Crippen LogP contribution in [0.1, 0.15) is 19.8 Å². The average Bonchev–Trinajstić information content (AvgIpc) is 2.37. The van der Waals surface area contributed by atoms with Crippen molar-refractivity contribution in [3.63, 3.8) is 0 Å². The van der Waals surface area contributed by atoms with Crippen LogP contribution in [0, 0.1) is 0 Å². The van der Waals surface area contributed by atoms with E-state index in [2.05, 4.69) is 27.8 Å². The first-order valence-electron chi connectivity index (χ1n) is 3.62. The minimum atomic E-state index is 0.293. The molecule has 58 valence electrons. The van der Waals surface area contributed by atoms with E-state index in [1.807, 2.05) is 0 Å². The first-order valence-corrected chi connectivity index (χ1v) is 4.75. The summed E-state index contributed by atoms with van der Waals surface area (Å²) in [6, 6.07) is 0. The van der Waals surface area contributed by atoms with Gasteiger partial charge in [-0.25, -0.2) is 0 Å². The van der Waals surface area contributed by atoms with Gasteiger partial charge in [0.1, 0.15) is 6.10 Å². The maximum atomic E-state index is 5.45. The van der Waals surface area contributed by atoms with Gasteiger partial charge in [-0.2, -0.15) is 0 Å². The zero-order valence-electron chi connectivity index (χ0n) is 6.14. The molecule has 0 N–H and O–H groups in total. The Morgan fingerprint density at radius 2 is 2.60 bits per heavy atom. The second-order valence-corrected chi connectivity index (χ2v) is 3.03. The van der Waals surface area contributed by atoms with Crippen LogP contribution in [0.4, 0.5) is 0 Å². The van der Waals surface area contributed by atoms with E-state index < -0.39 is 0 Å². The Bertz CT molecular complexity index is 136. The lowest BCUT2D eigenvalue weighted by molar-refractivity contribution is 0.245. The molecule has 10 heavy (non-hydrogen) atoms. The molecule has 1 unspecified atom stereocenters. The van der Waals surface area contributed by atoms with Crippen molar-refractivity contribution in [2.45, 2.75) is 25.9 Å². The Labute approximate surface area is 69.8 Å². The number of halogens is 1. The molecule has 0 aromatic heterocycles. The highest BCUT2D eigenvalue weighted by Crippen LogP contribution is 2.10. The van der Waals surface area contributed by atoms with Crippen molar-refractivity contribution in [3.05, 3.63) is 0 Å². The summed E-state index contributed by atoms with van der Waals surface area (Å²) in [5.41, 5.74) is 0. The summed E-state index contributed by atoms with van der Waals surface area (Å²) < 4.78 is 5.45. The Morgan fingerprint density at radius 3 is 3.10 bits per heavy atom. The summed E-state index contributed by atoms with van der Waals surface area (Å²) in [6.45, 7) is 2.97. The lowest BCUT2D eigenvalue weighted by Gasteiger charge is -2.05. The van der Waals surface area contributed by atoms with Crippen molar-refractivity contribution in [1.29, 1.82) is 0 Å². The molecule has 3 heteroatoms. The molecular weight excluding hydrogens is 194 g/mol. The van der Waals surface area contributed by atoms with Crippen LogP contribution >= 0.6 is 15.9 Å². The molecule has 1 atom stereocenters. The minimum Gasteiger partial charge on any atom is -0.475 e. The Hall–Kier alpha value is -0.0500. The normalized spacial score (nSPS) is 24.2. The summed E-state index contributed by atoms with van der Waals surface area (Å²) in [6.07, 6.45) is 2.40. The number of nitrogens with zero attached hydrogens (tertiary/aromatic N) is 1. The van der Waals surface area contributed by atoms with Gasteiger partial charge >= 0.3 is 0 Å². The first kappa shape index (κ1) is 8.05. The van der Waals surface area contributed by atoms with Gasteiger partial charge < -0.3 is 4.74 Å². The molecule has 1 aliphatic heterocycles. The molecule has 0 aliphatic carbocycles. The number of alkyl halides is 1. The fourth-order valence-electron chi connectivity index (χ4n) is 0.903. The van der Waals surface area contributed by atoms with Gasteiger partial charge in [0.15, 0.2) is 5.90 Å². The maximum Gasteiger partial charge on any atom is 0.183 e. The molecular formula is C7H12BrNO. The van der Waals surface area contributed by atoms with E-state index in [1.54, 1.807) is 0 Å². The second-order valence-electron chi connectivity index (χ2n) is 2.38. The lowest BCUT2D eigenvalue weighted by Crippen LogP contribution is -2.13. The lowest BCUT2D eigenvalue weighted by atomic mass is 10.3. The zero-order valence-corrected chi connectivity index (χ0v) is 7.73. The van der Waals surface area contributed by atoms with E-state index in [1.165, 1.54) is 0 Å². The predicted molar refractivity (Wildman–Crippen MR) is 45.9 cm³/mol. The summed E-state index contributed by atoms with van der Waals surface area (Å²) >= 11 is 3.36. The first-order chi connectivity index (χ1) is 4.86. The van der Waals surface area contributed by atoms with Gasteiger partial charge in [-0.15, -0.1) is 0 Å². The van der Waals surface area contributed by atoms with Crippen LogP contribution in [0.15, 0.2) is 4.99 Å². The van der Waals surface area contributed by atoms with Gasteiger partial charge in [0.05, 0.1) is 6.54 Å². The number of aliphatic imine (C=N–C) groups is 1. The standard InChI is InChI=1S/C7H12BrNO/c1-2-3-7-9-5-6(4-8)10-7/h6H,2-5H2,1H3. The molecule has 0 aromatic rings. The molecule has 0 spiro atoms. The van der Waals surface area contributed by atoms with Crippen molar-refractivity contribution in [3.8, 4) is 0 Å². The summed E-state index contributed by atoms with van der Waals surface area (Å²) in [5.74, 6) is 0.937. The number of hydrogen-bond donors (Lipinski definition) is 0. The second kappa shape index (κ2) is 3.96. The zero-order chi connectivity index (χ0) is 7.40. The van der Waals surface area contributed by atoms with E-state index in [4.69, 9.17) is 4.74 Å². The Kier molecular flexibility index (Phi) is 3.19. The van der Waals surface area contributed by atoms with Gasteiger partial charge in [0.2, 0.25) is 0 Å². The molecule has 0 saturated heterocycles. The smallest absolute Gasteiger partial charge is 0.183 e. The molecule has 1 aliphatic rings. The van der Waals surface area contributed by atoms with E-state index in [-0.39, 0.29) is 0 Å². The van der Waals surface area contributed by atoms with Gasteiger partial charge in [0.25, 0.3) is 0 Å². The average molecular weight is 206 g/mol. The van der Waals surface area contributed by atoms with Crippen molar-refractivity contribution in [2.24, 2.45) is 4.99 Å². The third kappa shape index (κ3) is 1.97. The molecule has 0 fully saturated rings. The molecule has 0 saturated carbocycles. The van der Waals surface area contributed by atoms with Gasteiger partial charge in [0, 0.05) is 11.8 Å². The highest BCUT2D eigenvalue weighted by Gasteiger charge is 2.16. The Morgan fingerprint density at radius 1 is 1.80 bits per heavy atom. The van der Waals surface area contributed by atoms with E-state index in [0.717, 1.165) is 30.6 Å². The van der Waals surface area contributed by atoms with E-state index in [0.29, 0.717) is 6.10 Å². The molecule has 1 heterocycles. The molecule has 0 radical (unpaired) electrons. The maximum absolute atomic E-state index is 5.45. The highest BCUT2D eigenvalue weighted by molar-refractivity contribution is 9.09. The molecule has 1 rings (SSSR count). The topological polar surface area (TPSA) is 21.6 Å². The van der Waals surface area contributed by atoms with Crippen LogP contribution in [0.3, 0.4) is 0 Å². The third-order valence-electron chi connectivity index (χ3n) is 1.41. The minimum absolute atomic E-state index is 0.293. The van der Waals surface area contributed by atoms with Crippen molar-refractivity contribution in [1.82, 2.24) is 0 Å². The van der Waals surface area contributed by atoms with Crippen LogP contribution in [-0.2, 0) is 4.74 Å². The Balaban J connectivity index is 2.25. The number of rotatable bonds is 3. The third-order valence-corrected chi connectivity index (χ3v) is 2.13. The number of ether oxygens (including phenoxy) is 1. The van der Waals surface area contributed by atoms with Crippen LogP contribution in [0.2, 0.25) is 0 Å². The van der Waals surface area contributed by atoms with E-state index in [9.17, 15) is 0 Å². The molecule has 0 aromatic carbocycles. The van der Waals surface area contributed by atoms with Crippen molar-refractivity contribution < 1.29 is 4.74 Å². The fourth-order valence-corrected chi connectivity index (χ4v) is 1.24. The summed E-state index contributed by atoms with van der Waals surface area (Å²) in [4.78, 5) is 4.24. The monoisotopic (exact) mass is 205 g/mol. The fraction of sp³-hybridized carbons (Fsp3) is 0.857. The largest absolute Gasteiger partial charge is 0.475 e. The van der Waals surface area contributed by atoms with Crippen LogP contribution in [0.5, 0.6) is 0 Å². The summed E-state index contributed by atoms with van der Waals surface area (Å²) in [5, 5.41) is 0.893. The van der Waals surface area contributed by atoms with Crippen LogP contribution in [-0.4, -0.2) is 23.9 Å². The SMILES string of the molecule is CCCC1=NCC(CBr)O1. The van der Waals surface area contributed by atoms with Gasteiger partial charge in [-0.3, -0.25) is 4.99 Å². The van der Waals surface area contributed by atoms with Gasteiger partial charge in [-0.05, 0) is 6.42 Å². The van der Waals surface area contributed by atoms with Crippen LogP contribution < -0.4 is 0 Å². The summed E-state index contributed by atoms with van der Waals surface area (Å²) in [7, 11) is 0.